The van der Waals surface area contributed by atoms with Crippen LogP contribution in [-0.2, 0) is 6.42 Å². The summed E-state index contributed by atoms with van der Waals surface area (Å²) in [6, 6.07) is 8.36. The minimum atomic E-state index is -0.414. The lowest BCUT2D eigenvalue weighted by Crippen LogP contribution is -2.25. The quantitative estimate of drug-likeness (QED) is 0.740. The number of rotatable bonds is 7. The van der Waals surface area contributed by atoms with Crippen LogP contribution in [0.5, 0.6) is 0 Å². The average Bonchev–Trinajstić information content (AvgIpc) is 2.33. The van der Waals surface area contributed by atoms with Gasteiger partial charge < -0.3 is 10.4 Å². The first-order chi connectivity index (χ1) is 9.28. The predicted molar refractivity (Wildman–Crippen MR) is 86.9 cm³/mol. The van der Waals surface area contributed by atoms with Gasteiger partial charge in [-0.25, -0.2) is 0 Å². The molecule has 1 rings (SSSR count). The Morgan fingerprint density at radius 3 is 2.20 bits per heavy atom. The van der Waals surface area contributed by atoms with Crippen molar-refractivity contribution < 1.29 is 5.11 Å². The summed E-state index contributed by atoms with van der Waals surface area (Å²) in [5, 5.41) is 13.5. The third kappa shape index (κ3) is 7.06. The summed E-state index contributed by atoms with van der Waals surface area (Å²) in [6.07, 6.45) is 1.80. The molecule has 2 heteroatoms. The van der Waals surface area contributed by atoms with Crippen LogP contribution in [0.2, 0.25) is 0 Å². The second kappa shape index (κ2) is 7.80. The van der Waals surface area contributed by atoms with Crippen LogP contribution >= 0.6 is 0 Å². The van der Waals surface area contributed by atoms with Crippen LogP contribution < -0.4 is 5.32 Å². The molecule has 2 N–H and O–H groups in total. The van der Waals surface area contributed by atoms with E-state index in [1.807, 2.05) is 12.1 Å². The number of hydrogen-bond donors (Lipinski definition) is 2. The van der Waals surface area contributed by atoms with Crippen molar-refractivity contribution in [2.75, 3.05) is 13.1 Å². The van der Waals surface area contributed by atoms with Gasteiger partial charge in [-0.1, -0.05) is 58.9 Å². The zero-order chi connectivity index (χ0) is 15.2. The Hall–Kier alpha value is -0.860. The Balaban J connectivity index is 2.38. The molecule has 0 heterocycles. The molecule has 1 unspecified atom stereocenters. The van der Waals surface area contributed by atoms with E-state index in [-0.39, 0.29) is 0 Å². The number of hydrogen-bond acceptors (Lipinski definition) is 2. The van der Waals surface area contributed by atoms with E-state index in [0.29, 0.717) is 17.9 Å². The van der Waals surface area contributed by atoms with E-state index in [0.717, 1.165) is 24.9 Å². The maximum absolute atomic E-state index is 10.2. The standard InChI is InChI=1S/C18H31NO/c1-14(2)12-15-6-8-16(9-7-15)17(20)13-19-11-10-18(3,4)5/h6-9,14,17,19-20H,10-13H2,1-5H3. The highest BCUT2D eigenvalue weighted by Crippen LogP contribution is 2.18. The molecule has 0 bridgehead atoms. The van der Waals surface area contributed by atoms with Crippen LogP contribution in [0.3, 0.4) is 0 Å². The van der Waals surface area contributed by atoms with Gasteiger partial charge in [0.15, 0.2) is 0 Å². The molecule has 0 spiro atoms. The summed E-state index contributed by atoms with van der Waals surface area (Å²) < 4.78 is 0. The first kappa shape index (κ1) is 17.2. The van der Waals surface area contributed by atoms with Crippen molar-refractivity contribution in [2.24, 2.45) is 11.3 Å². The highest BCUT2D eigenvalue weighted by Gasteiger charge is 2.11. The van der Waals surface area contributed by atoms with E-state index in [4.69, 9.17) is 0 Å². The van der Waals surface area contributed by atoms with Crippen LogP contribution in [0.25, 0.3) is 0 Å². The Morgan fingerprint density at radius 2 is 1.70 bits per heavy atom. The SMILES string of the molecule is CC(C)Cc1ccc(C(O)CNCCC(C)(C)C)cc1. The lowest BCUT2D eigenvalue weighted by Gasteiger charge is -2.19. The second-order valence-corrected chi connectivity index (χ2v) is 7.37. The fourth-order valence-electron chi connectivity index (χ4n) is 2.17. The molecular formula is C18H31NO. The first-order valence-electron chi connectivity index (χ1n) is 7.75. The van der Waals surface area contributed by atoms with Gasteiger partial charge in [-0.05, 0) is 41.8 Å². The Labute approximate surface area is 124 Å². The highest BCUT2D eigenvalue weighted by atomic mass is 16.3. The topological polar surface area (TPSA) is 32.3 Å². The molecule has 20 heavy (non-hydrogen) atoms. The van der Waals surface area contributed by atoms with Crippen LogP contribution in [-0.4, -0.2) is 18.2 Å². The maximum Gasteiger partial charge on any atom is 0.0914 e. The van der Waals surface area contributed by atoms with Gasteiger partial charge in [0.05, 0.1) is 6.10 Å². The summed E-state index contributed by atoms with van der Waals surface area (Å²) in [5.74, 6) is 0.671. The third-order valence-corrected chi connectivity index (χ3v) is 3.40. The van der Waals surface area contributed by atoms with Crippen molar-refractivity contribution in [3.8, 4) is 0 Å². The zero-order valence-electron chi connectivity index (χ0n) is 13.7. The minimum absolute atomic E-state index is 0.344. The van der Waals surface area contributed by atoms with Crippen molar-refractivity contribution in [1.82, 2.24) is 5.32 Å². The van der Waals surface area contributed by atoms with Gasteiger partial charge in [0.2, 0.25) is 0 Å². The first-order valence-corrected chi connectivity index (χ1v) is 7.75. The smallest absolute Gasteiger partial charge is 0.0914 e. The molecular weight excluding hydrogens is 246 g/mol. The summed E-state index contributed by atoms with van der Waals surface area (Å²) in [4.78, 5) is 0. The predicted octanol–water partition coefficient (Wildman–Crippen LogP) is 3.94. The maximum atomic E-state index is 10.2. The zero-order valence-corrected chi connectivity index (χ0v) is 13.7. The molecule has 0 aliphatic heterocycles. The van der Waals surface area contributed by atoms with E-state index >= 15 is 0 Å². The second-order valence-electron chi connectivity index (χ2n) is 7.37. The van der Waals surface area contributed by atoms with Gasteiger partial charge in [0, 0.05) is 6.54 Å². The number of nitrogens with one attached hydrogen (secondary N) is 1. The van der Waals surface area contributed by atoms with Gasteiger partial charge in [0.1, 0.15) is 0 Å². The van der Waals surface area contributed by atoms with Crippen molar-refractivity contribution in [3.05, 3.63) is 35.4 Å². The highest BCUT2D eigenvalue weighted by molar-refractivity contribution is 5.24. The van der Waals surface area contributed by atoms with Gasteiger partial charge in [-0.15, -0.1) is 0 Å². The van der Waals surface area contributed by atoms with E-state index in [9.17, 15) is 5.11 Å². The fraction of sp³-hybridized carbons (Fsp3) is 0.667. The van der Waals surface area contributed by atoms with Crippen LogP contribution in [0, 0.1) is 11.3 Å². The van der Waals surface area contributed by atoms with Gasteiger partial charge >= 0.3 is 0 Å². The van der Waals surface area contributed by atoms with Crippen molar-refractivity contribution in [1.29, 1.82) is 0 Å². The van der Waals surface area contributed by atoms with Crippen LogP contribution in [0.1, 0.15) is 58.3 Å². The van der Waals surface area contributed by atoms with E-state index in [2.05, 4.69) is 52.1 Å². The Bertz CT molecular complexity index is 375. The molecule has 0 fully saturated rings. The largest absolute Gasteiger partial charge is 0.387 e. The Kier molecular flexibility index (Phi) is 6.70. The summed E-state index contributed by atoms with van der Waals surface area (Å²) >= 11 is 0. The normalized spacial score (nSPS) is 13.8. The van der Waals surface area contributed by atoms with Crippen molar-refractivity contribution in [3.63, 3.8) is 0 Å². The molecule has 0 saturated carbocycles. The number of aliphatic hydroxyl groups is 1. The van der Waals surface area contributed by atoms with Crippen LogP contribution in [0.15, 0.2) is 24.3 Å². The lowest BCUT2D eigenvalue weighted by atomic mass is 9.92. The molecule has 0 aliphatic carbocycles. The molecule has 1 atom stereocenters. The molecule has 114 valence electrons. The van der Waals surface area contributed by atoms with Gasteiger partial charge in [-0.3, -0.25) is 0 Å². The van der Waals surface area contributed by atoms with Crippen molar-refractivity contribution >= 4 is 0 Å². The number of benzene rings is 1. The average molecular weight is 277 g/mol. The van der Waals surface area contributed by atoms with Crippen molar-refractivity contribution in [2.45, 2.75) is 53.6 Å². The molecule has 2 nitrogen and oxygen atoms in total. The fourth-order valence-corrected chi connectivity index (χ4v) is 2.17. The third-order valence-electron chi connectivity index (χ3n) is 3.40. The molecule has 0 saturated heterocycles. The monoisotopic (exact) mass is 277 g/mol. The van der Waals surface area contributed by atoms with E-state index < -0.39 is 6.10 Å². The molecule has 0 amide bonds. The minimum Gasteiger partial charge on any atom is -0.387 e. The Morgan fingerprint density at radius 1 is 1.10 bits per heavy atom. The lowest BCUT2D eigenvalue weighted by molar-refractivity contribution is 0.173. The molecule has 0 radical (unpaired) electrons. The number of aliphatic hydroxyl groups excluding tert-OH is 1. The van der Waals surface area contributed by atoms with Gasteiger partial charge in [0.25, 0.3) is 0 Å². The molecule has 0 aliphatic rings. The molecule has 1 aromatic rings. The molecule has 1 aromatic carbocycles. The summed E-state index contributed by atoms with van der Waals surface area (Å²) in [5.41, 5.74) is 2.69. The summed E-state index contributed by atoms with van der Waals surface area (Å²) in [6.45, 7) is 12.7. The molecule has 0 aromatic heterocycles. The van der Waals surface area contributed by atoms with Crippen LogP contribution in [0.4, 0.5) is 0 Å². The van der Waals surface area contributed by atoms with E-state index in [1.54, 1.807) is 0 Å². The van der Waals surface area contributed by atoms with Gasteiger partial charge in [-0.2, -0.15) is 0 Å². The van der Waals surface area contributed by atoms with E-state index in [1.165, 1.54) is 5.56 Å². The summed E-state index contributed by atoms with van der Waals surface area (Å²) in [7, 11) is 0.